The zero-order chi connectivity index (χ0) is 13.9. The van der Waals surface area contributed by atoms with Crippen molar-refractivity contribution in [1.29, 1.82) is 0 Å². The van der Waals surface area contributed by atoms with Crippen LogP contribution in [0, 0.1) is 6.92 Å². The van der Waals surface area contributed by atoms with E-state index in [1.807, 2.05) is 13.8 Å². The van der Waals surface area contributed by atoms with Crippen molar-refractivity contribution in [3.8, 4) is 0 Å². The number of nitrogens with two attached hydrogens (primary N) is 1. The van der Waals surface area contributed by atoms with Gasteiger partial charge in [0.2, 0.25) is 0 Å². The third kappa shape index (κ3) is 3.83. The van der Waals surface area contributed by atoms with Crippen molar-refractivity contribution in [3.63, 3.8) is 0 Å². The topological polar surface area (TPSA) is 63.8 Å². The number of nitrogens with one attached hydrogen (secondary N) is 1. The van der Waals surface area contributed by atoms with Crippen LogP contribution in [0.3, 0.4) is 0 Å². The maximum Gasteiger partial charge on any atom is 0.389 e. The summed E-state index contributed by atoms with van der Waals surface area (Å²) < 4.78 is 36.4. The number of aryl methyl sites for hydroxylation is 2. The SMILES string of the molecule is Cc1nc(CCC(F)(F)F)nc(NN)c1C(C)C. The van der Waals surface area contributed by atoms with E-state index in [0.29, 0.717) is 11.5 Å². The fourth-order valence-electron chi connectivity index (χ4n) is 1.81. The second kappa shape index (κ2) is 5.51. The first-order chi connectivity index (χ1) is 8.24. The molecule has 102 valence electrons. The van der Waals surface area contributed by atoms with E-state index in [2.05, 4.69) is 15.4 Å². The summed E-state index contributed by atoms with van der Waals surface area (Å²) in [7, 11) is 0. The lowest BCUT2D eigenvalue weighted by Crippen LogP contribution is -2.17. The highest BCUT2D eigenvalue weighted by molar-refractivity contribution is 5.47. The van der Waals surface area contributed by atoms with E-state index in [-0.39, 0.29) is 18.2 Å². The molecule has 0 amide bonds. The summed E-state index contributed by atoms with van der Waals surface area (Å²) in [5.74, 6) is 6.04. The second-order valence-electron chi connectivity index (χ2n) is 4.40. The lowest BCUT2D eigenvalue weighted by atomic mass is 10.0. The van der Waals surface area contributed by atoms with Crippen molar-refractivity contribution in [3.05, 3.63) is 17.1 Å². The van der Waals surface area contributed by atoms with Crippen LogP contribution in [-0.2, 0) is 6.42 Å². The first-order valence-electron chi connectivity index (χ1n) is 5.65. The van der Waals surface area contributed by atoms with Crippen LogP contribution in [0.1, 0.15) is 43.3 Å². The standard InChI is InChI=1S/C11H17F3N4/c1-6(2)9-7(3)16-8(17-10(9)18-15)4-5-11(12,13)14/h6H,4-5,15H2,1-3H3,(H,16,17,18). The van der Waals surface area contributed by atoms with Crippen LogP contribution in [0.25, 0.3) is 0 Å². The van der Waals surface area contributed by atoms with Gasteiger partial charge in [0.25, 0.3) is 0 Å². The van der Waals surface area contributed by atoms with Gasteiger partial charge in [-0.3, -0.25) is 0 Å². The van der Waals surface area contributed by atoms with Crippen LogP contribution in [0.15, 0.2) is 0 Å². The van der Waals surface area contributed by atoms with E-state index in [1.165, 1.54) is 0 Å². The summed E-state index contributed by atoms with van der Waals surface area (Å²) in [6.07, 6.45) is -5.38. The lowest BCUT2D eigenvalue weighted by Gasteiger charge is -2.15. The summed E-state index contributed by atoms with van der Waals surface area (Å²) in [6.45, 7) is 5.64. The molecule has 0 saturated heterocycles. The molecule has 7 heteroatoms. The predicted octanol–water partition coefficient (Wildman–Crippen LogP) is 2.69. The van der Waals surface area contributed by atoms with E-state index in [4.69, 9.17) is 5.84 Å². The highest BCUT2D eigenvalue weighted by Crippen LogP contribution is 2.26. The van der Waals surface area contributed by atoms with Crippen LogP contribution in [-0.4, -0.2) is 16.1 Å². The molecular formula is C11H17F3N4. The number of hydrogen-bond acceptors (Lipinski definition) is 4. The molecule has 1 heterocycles. The highest BCUT2D eigenvalue weighted by Gasteiger charge is 2.27. The maximum absolute atomic E-state index is 12.1. The average Bonchev–Trinajstić information content (AvgIpc) is 2.23. The molecular weight excluding hydrogens is 245 g/mol. The molecule has 0 saturated carbocycles. The Morgan fingerprint density at radius 1 is 1.28 bits per heavy atom. The number of anilines is 1. The molecule has 0 radical (unpaired) electrons. The van der Waals surface area contributed by atoms with Crippen LogP contribution >= 0.6 is 0 Å². The van der Waals surface area contributed by atoms with Crippen LogP contribution < -0.4 is 11.3 Å². The highest BCUT2D eigenvalue weighted by atomic mass is 19.4. The van der Waals surface area contributed by atoms with Gasteiger partial charge in [0.1, 0.15) is 11.6 Å². The lowest BCUT2D eigenvalue weighted by molar-refractivity contribution is -0.134. The molecule has 1 aromatic rings. The predicted molar refractivity (Wildman–Crippen MR) is 63.0 cm³/mol. The normalized spacial score (nSPS) is 12.0. The molecule has 3 N–H and O–H groups in total. The minimum absolute atomic E-state index is 0.146. The number of hydrazine groups is 1. The van der Waals surface area contributed by atoms with Gasteiger partial charge in [-0.25, -0.2) is 15.8 Å². The van der Waals surface area contributed by atoms with E-state index in [1.54, 1.807) is 6.92 Å². The quantitative estimate of drug-likeness (QED) is 0.647. The minimum Gasteiger partial charge on any atom is -0.308 e. The van der Waals surface area contributed by atoms with E-state index < -0.39 is 12.6 Å². The fourth-order valence-corrected chi connectivity index (χ4v) is 1.81. The Morgan fingerprint density at radius 2 is 1.89 bits per heavy atom. The van der Waals surface area contributed by atoms with Gasteiger partial charge in [0.15, 0.2) is 0 Å². The number of aromatic nitrogens is 2. The summed E-state index contributed by atoms with van der Waals surface area (Å²) >= 11 is 0. The maximum atomic E-state index is 12.1. The van der Waals surface area contributed by atoms with Crippen LogP contribution in [0.5, 0.6) is 0 Å². The van der Waals surface area contributed by atoms with Crippen molar-refractivity contribution < 1.29 is 13.2 Å². The van der Waals surface area contributed by atoms with Crippen LogP contribution in [0.2, 0.25) is 0 Å². The van der Waals surface area contributed by atoms with Gasteiger partial charge in [0, 0.05) is 17.7 Å². The number of hydrogen-bond donors (Lipinski definition) is 2. The molecule has 0 atom stereocenters. The van der Waals surface area contributed by atoms with Crippen molar-refractivity contribution in [2.75, 3.05) is 5.43 Å². The molecule has 18 heavy (non-hydrogen) atoms. The Hall–Kier alpha value is -1.37. The zero-order valence-electron chi connectivity index (χ0n) is 10.6. The molecule has 0 bridgehead atoms. The van der Waals surface area contributed by atoms with Crippen molar-refractivity contribution in [2.45, 2.75) is 45.7 Å². The van der Waals surface area contributed by atoms with Crippen molar-refractivity contribution >= 4 is 5.82 Å². The van der Waals surface area contributed by atoms with E-state index >= 15 is 0 Å². The van der Waals surface area contributed by atoms with Gasteiger partial charge < -0.3 is 5.43 Å². The Labute approximate surface area is 104 Å². The largest absolute Gasteiger partial charge is 0.389 e. The summed E-state index contributed by atoms with van der Waals surface area (Å²) in [5, 5.41) is 0. The summed E-state index contributed by atoms with van der Waals surface area (Å²) in [5.41, 5.74) is 3.91. The Bertz CT molecular complexity index is 415. The van der Waals surface area contributed by atoms with E-state index in [9.17, 15) is 13.2 Å². The van der Waals surface area contributed by atoms with Gasteiger partial charge in [-0.1, -0.05) is 13.8 Å². The van der Waals surface area contributed by atoms with Gasteiger partial charge in [-0.2, -0.15) is 13.2 Å². The number of nitrogens with zero attached hydrogens (tertiary/aromatic N) is 2. The van der Waals surface area contributed by atoms with Crippen LogP contribution in [0.4, 0.5) is 19.0 Å². The Kier molecular flexibility index (Phi) is 4.50. The van der Waals surface area contributed by atoms with Crippen molar-refractivity contribution in [2.24, 2.45) is 5.84 Å². The Morgan fingerprint density at radius 3 is 2.33 bits per heavy atom. The van der Waals surface area contributed by atoms with E-state index in [0.717, 1.165) is 5.56 Å². The molecule has 0 aliphatic carbocycles. The van der Waals surface area contributed by atoms with Gasteiger partial charge >= 0.3 is 6.18 Å². The first-order valence-corrected chi connectivity index (χ1v) is 5.65. The third-order valence-corrected chi connectivity index (χ3v) is 2.53. The van der Waals surface area contributed by atoms with Crippen molar-refractivity contribution in [1.82, 2.24) is 9.97 Å². The summed E-state index contributed by atoms with van der Waals surface area (Å²) in [4.78, 5) is 8.13. The Balaban J connectivity index is 3.00. The number of rotatable bonds is 4. The molecule has 0 aromatic carbocycles. The molecule has 0 aliphatic heterocycles. The molecule has 0 fully saturated rings. The molecule has 0 aliphatic rings. The molecule has 0 spiro atoms. The zero-order valence-corrected chi connectivity index (χ0v) is 10.6. The first kappa shape index (κ1) is 14.7. The van der Waals surface area contributed by atoms with Gasteiger partial charge in [-0.05, 0) is 12.8 Å². The number of nitrogen functional groups attached to an aromatic ring is 1. The fraction of sp³-hybridized carbons (Fsp3) is 0.636. The molecule has 4 nitrogen and oxygen atoms in total. The number of halogens is 3. The monoisotopic (exact) mass is 262 g/mol. The summed E-state index contributed by atoms with van der Waals surface area (Å²) in [6, 6.07) is 0. The average molecular weight is 262 g/mol. The minimum atomic E-state index is -4.20. The van der Waals surface area contributed by atoms with Gasteiger partial charge in [0.05, 0.1) is 6.42 Å². The molecule has 1 rings (SSSR count). The smallest absolute Gasteiger partial charge is 0.308 e. The third-order valence-electron chi connectivity index (χ3n) is 2.53. The second-order valence-corrected chi connectivity index (χ2v) is 4.40. The molecule has 0 unspecified atom stereocenters. The number of alkyl halides is 3. The van der Waals surface area contributed by atoms with Gasteiger partial charge in [-0.15, -0.1) is 0 Å². The molecule has 1 aromatic heterocycles.